The second-order valence-corrected chi connectivity index (χ2v) is 9.39. The monoisotopic (exact) mass is 499 g/mol. The summed E-state index contributed by atoms with van der Waals surface area (Å²) in [4.78, 5) is 13.6. The lowest BCUT2D eigenvalue weighted by Gasteiger charge is -2.42. The van der Waals surface area contributed by atoms with Crippen LogP contribution in [-0.2, 0) is 11.3 Å². The van der Waals surface area contributed by atoms with E-state index in [4.69, 9.17) is 27.9 Å². The van der Waals surface area contributed by atoms with E-state index in [2.05, 4.69) is 17.0 Å². The van der Waals surface area contributed by atoms with Gasteiger partial charge >= 0.3 is 5.97 Å². The number of aliphatic hydroxyl groups is 1. The van der Waals surface area contributed by atoms with Crippen molar-refractivity contribution in [2.45, 2.75) is 37.6 Å². The fourth-order valence-corrected chi connectivity index (χ4v) is 5.15. The number of carboxylic acids is 1. The SMILES string of the molecule is O=C(O)c1ccc(CN2CCC[C@H](O[C@H](CO)c3cc(Cl)cc(Cl)c3)[C@@H]2c2ccccc2)cc1. The highest BCUT2D eigenvalue weighted by atomic mass is 35.5. The van der Waals surface area contributed by atoms with Gasteiger partial charge in [-0.05, 0) is 66.4 Å². The van der Waals surface area contributed by atoms with Crippen molar-refractivity contribution in [2.24, 2.45) is 0 Å². The maximum Gasteiger partial charge on any atom is 0.335 e. The molecule has 1 aliphatic heterocycles. The van der Waals surface area contributed by atoms with Crippen molar-refractivity contribution in [3.05, 3.63) is 105 Å². The van der Waals surface area contributed by atoms with Crippen LogP contribution in [0.15, 0.2) is 72.8 Å². The number of carbonyl (C=O) groups is 1. The van der Waals surface area contributed by atoms with Crippen molar-refractivity contribution >= 4 is 29.2 Å². The number of aliphatic hydroxyl groups excluding tert-OH is 1. The van der Waals surface area contributed by atoms with Gasteiger partial charge in [0.15, 0.2) is 0 Å². The van der Waals surface area contributed by atoms with Crippen molar-refractivity contribution in [1.82, 2.24) is 4.90 Å². The summed E-state index contributed by atoms with van der Waals surface area (Å²) in [5.74, 6) is -0.934. The van der Waals surface area contributed by atoms with Crippen LogP contribution < -0.4 is 0 Å². The third kappa shape index (κ3) is 5.98. The van der Waals surface area contributed by atoms with Crippen LogP contribution in [0.2, 0.25) is 10.0 Å². The van der Waals surface area contributed by atoms with Crippen LogP contribution in [0, 0.1) is 0 Å². The fraction of sp³-hybridized carbons (Fsp3) is 0.296. The number of benzene rings is 3. The minimum Gasteiger partial charge on any atom is -0.478 e. The topological polar surface area (TPSA) is 70.0 Å². The summed E-state index contributed by atoms with van der Waals surface area (Å²) >= 11 is 12.4. The highest BCUT2D eigenvalue weighted by Gasteiger charge is 2.35. The van der Waals surface area contributed by atoms with Gasteiger partial charge < -0.3 is 14.9 Å². The van der Waals surface area contributed by atoms with Gasteiger partial charge in [0, 0.05) is 16.6 Å². The zero-order chi connectivity index (χ0) is 24.1. The molecule has 0 amide bonds. The van der Waals surface area contributed by atoms with Crippen LogP contribution in [-0.4, -0.2) is 40.3 Å². The molecular formula is C27H27Cl2NO4. The number of nitrogens with zero attached hydrogens (tertiary/aromatic N) is 1. The predicted molar refractivity (Wildman–Crippen MR) is 133 cm³/mol. The average molecular weight is 500 g/mol. The first-order chi connectivity index (χ1) is 16.4. The summed E-state index contributed by atoms with van der Waals surface area (Å²) in [5, 5.41) is 20.3. The van der Waals surface area contributed by atoms with Crippen LogP contribution in [0.4, 0.5) is 0 Å². The van der Waals surface area contributed by atoms with Crippen molar-refractivity contribution < 1.29 is 19.7 Å². The Labute approximate surface area is 209 Å². The third-order valence-electron chi connectivity index (χ3n) is 6.17. The molecule has 0 aromatic heterocycles. The summed E-state index contributed by atoms with van der Waals surface area (Å²) in [7, 11) is 0. The van der Waals surface area contributed by atoms with Crippen molar-refractivity contribution in [3.8, 4) is 0 Å². The molecule has 34 heavy (non-hydrogen) atoms. The quantitative estimate of drug-likeness (QED) is 0.389. The Morgan fingerprint density at radius 1 is 1.03 bits per heavy atom. The lowest BCUT2D eigenvalue weighted by atomic mass is 9.91. The van der Waals surface area contributed by atoms with Gasteiger partial charge in [-0.25, -0.2) is 4.79 Å². The van der Waals surface area contributed by atoms with E-state index >= 15 is 0 Å². The van der Waals surface area contributed by atoms with Gasteiger partial charge in [-0.15, -0.1) is 0 Å². The second kappa shape index (κ2) is 11.3. The number of hydrogen-bond donors (Lipinski definition) is 2. The number of likely N-dealkylation sites (tertiary alicyclic amines) is 1. The molecule has 5 nitrogen and oxygen atoms in total. The van der Waals surface area contributed by atoms with Crippen LogP contribution in [0.25, 0.3) is 0 Å². The number of rotatable bonds is 8. The van der Waals surface area contributed by atoms with Gasteiger partial charge in [0.25, 0.3) is 0 Å². The molecule has 4 rings (SSSR count). The number of piperidine rings is 1. The van der Waals surface area contributed by atoms with Gasteiger partial charge in [-0.2, -0.15) is 0 Å². The lowest BCUT2D eigenvalue weighted by Crippen LogP contribution is -2.43. The summed E-state index contributed by atoms with van der Waals surface area (Å²) in [6.45, 7) is 1.35. The summed E-state index contributed by atoms with van der Waals surface area (Å²) < 4.78 is 6.54. The Morgan fingerprint density at radius 3 is 2.32 bits per heavy atom. The maximum atomic E-state index is 11.2. The molecule has 1 fully saturated rings. The number of ether oxygens (including phenoxy) is 1. The highest BCUT2D eigenvalue weighted by Crippen LogP contribution is 2.37. The number of carboxylic acid groups (broad SMARTS) is 1. The van der Waals surface area contributed by atoms with E-state index in [1.165, 1.54) is 0 Å². The Balaban J connectivity index is 1.61. The molecule has 3 aromatic carbocycles. The third-order valence-corrected chi connectivity index (χ3v) is 6.61. The molecule has 1 heterocycles. The normalized spacial score (nSPS) is 19.6. The van der Waals surface area contributed by atoms with Crippen molar-refractivity contribution in [2.75, 3.05) is 13.2 Å². The number of hydrogen-bond acceptors (Lipinski definition) is 4. The average Bonchev–Trinajstić information content (AvgIpc) is 2.83. The minimum atomic E-state index is -0.934. The van der Waals surface area contributed by atoms with E-state index in [0.717, 1.165) is 36.1 Å². The van der Waals surface area contributed by atoms with Gasteiger partial charge in [0.2, 0.25) is 0 Å². The Hall–Kier alpha value is -2.41. The van der Waals surface area contributed by atoms with E-state index in [9.17, 15) is 15.0 Å². The van der Waals surface area contributed by atoms with Gasteiger partial charge in [-0.1, -0.05) is 65.7 Å². The second-order valence-electron chi connectivity index (χ2n) is 8.52. The largest absolute Gasteiger partial charge is 0.478 e. The first-order valence-electron chi connectivity index (χ1n) is 11.3. The number of halogens is 2. The first kappa shape index (κ1) is 24.7. The first-order valence-corrected chi connectivity index (χ1v) is 12.0. The highest BCUT2D eigenvalue weighted by molar-refractivity contribution is 6.34. The molecule has 1 saturated heterocycles. The molecule has 2 N–H and O–H groups in total. The Kier molecular flexibility index (Phi) is 8.24. The standard InChI is InChI=1S/C27H27Cl2NO4/c28-22-13-21(14-23(29)15-22)25(17-31)34-24-7-4-12-30(26(24)19-5-2-1-3-6-19)16-18-8-10-20(11-9-18)27(32)33/h1-3,5-6,8-11,13-15,24-26,31H,4,7,12,16-17H2,(H,32,33)/t24-,25+,26-/m0/s1. The lowest BCUT2D eigenvalue weighted by molar-refractivity contribution is -0.100. The Morgan fingerprint density at radius 2 is 1.71 bits per heavy atom. The van der Waals surface area contributed by atoms with Gasteiger partial charge in [-0.3, -0.25) is 4.90 Å². The molecule has 1 aliphatic rings. The zero-order valence-corrected chi connectivity index (χ0v) is 20.1. The molecule has 0 bridgehead atoms. The maximum absolute atomic E-state index is 11.2. The van der Waals surface area contributed by atoms with E-state index in [1.807, 2.05) is 30.3 Å². The molecule has 0 radical (unpaired) electrons. The minimum absolute atomic E-state index is 0.0298. The van der Waals surface area contributed by atoms with E-state index in [-0.39, 0.29) is 24.3 Å². The van der Waals surface area contributed by atoms with Gasteiger partial charge in [0.1, 0.15) is 6.10 Å². The van der Waals surface area contributed by atoms with Crippen LogP contribution in [0.1, 0.15) is 52.0 Å². The summed E-state index contributed by atoms with van der Waals surface area (Å²) in [6.07, 6.45) is 1.07. The number of aromatic carboxylic acids is 1. The Bertz CT molecular complexity index is 1090. The van der Waals surface area contributed by atoms with Crippen LogP contribution >= 0.6 is 23.2 Å². The van der Waals surface area contributed by atoms with Crippen molar-refractivity contribution in [3.63, 3.8) is 0 Å². The van der Waals surface area contributed by atoms with E-state index in [0.29, 0.717) is 16.6 Å². The molecule has 0 saturated carbocycles. The zero-order valence-electron chi connectivity index (χ0n) is 18.6. The molecule has 0 unspecified atom stereocenters. The van der Waals surface area contributed by atoms with Crippen molar-refractivity contribution in [1.29, 1.82) is 0 Å². The van der Waals surface area contributed by atoms with E-state index < -0.39 is 12.1 Å². The predicted octanol–water partition coefficient (Wildman–Crippen LogP) is 6.15. The van der Waals surface area contributed by atoms with Gasteiger partial charge in [0.05, 0.1) is 24.3 Å². The smallest absolute Gasteiger partial charge is 0.335 e. The summed E-state index contributed by atoms with van der Waals surface area (Å²) in [6, 6.07) is 22.4. The molecular weight excluding hydrogens is 473 g/mol. The van der Waals surface area contributed by atoms with Crippen LogP contribution in [0.3, 0.4) is 0 Å². The molecule has 3 atom stereocenters. The molecule has 0 aliphatic carbocycles. The molecule has 178 valence electrons. The van der Waals surface area contributed by atoms with E-state index in [1.54, 1.807) is 30.3 Å². The molecule has 0 spiro atoms. The molecule has 7 heteroatoms. The summed E-state index contributed by atoms with van der Waals surface area (Å²) in [5.41, 5.74) is 3.18. The van der Waals surface area contributed by atoms with Crippen LogP contribution in [0.5, 0.6) is 0 Å². The fourth-order valence-electron chi connectivity index (χ4n) is 4.61. The molecule has 3 aromatic rings.